The predicted octanol–water partition coefficient (Wildman–Crippen LogP) is 3.95. The first kappa shape index (κ1) is 16.3. The molecule has 2 aromatic rings. The number of furan rings is 1. The van der Waals surface area contributed by atoms with Crippen LogP contribution in [0, 0.1) is 5.92 Å². The number of fused-ring (bicyclic) bond motifs is 1. The molecule has 1 aromatic heterocycles. The number of hydrogen-bond acceptors (Lipinski definition) is 3. The third-order valence-corrected chi connectivity index (χ3v) is 3.55. The highest BCUT2D eigenvalue weighted by molar-refractivity contribution is 5.98. The molecule has 4 nitrogen and oxygen atoms in total. The van der Waals surface area contributed by atoms with Crippen LogP contribution in [0.15, 0.2) is 34.7 Å². The van der Waals surface area contributed by atoms with Crippen LogP contribution in [0.3, 0.4) is 0 Å². The van der Waals surface area contributed by atoms with Gasteiger partial charge in [-0.05, 0) is 30.9 Å². The summed E-state index contributed by atoms with van der Waals surface area (Å²) in [4.78, 5) is 24.5. The Morgan fingerprint density at radius 1 is 1.23 bits per heavy atom. The number of rotatable bonds is 7. The van der Waals surface area contributed by atoms with Gasteiger partial charge in [-0.1, -0.05) is 39.0 Å². The van der Waals surface area contributed by atoms with E-state index in [1.165, 1.54) is 0 Å². The van der Waals surface area contributed by atoms with E-state index >= 15 is 0 Å². The molecule has 4 heteroatoms. The zero-order chi connectivity index (χ0) is 16.1. The summed E-state index contributed by atoms with van der Waals surface area (Å²) >= 11 is 0. The van der Waals surface area contributed by atoms with Crippen LogP contribution in [0.25, 0.3) is 11.0 Å². The van der Waals surface area contributed by atoms with Gasteiger partial charge < -0.3 is 9.73 Å². The van der Waals surface area contributed by atoms with Crippen molar-refractivity contribution in [3.8, 4) is 0 Å². The molecule has 0 aliphatic carbocycles. The van der Waals surface area contributed by atoms with Crippen LogP contribution in [0.5, 0.6) is 0 Å². The fourth-order valence-electron chi connectivity index (χ4n) is 2.49. The third kappa shape index (κ3) is 3.97. The van der Waals surface area contributed by atoms with Crippen LogP contribution in [-0.2, 0) is 4.79 Å². The number of carbonyl (C=O) groups excluding carboxylic acids is 2. The number of hydrogen-bond donors (Lipinski definition) is 1. The molecule has 0 bridgehead atoms. The van der Waals surface area contributed by atoms with E-state index in [1.54, 1.807) is 6.07 Å². The molecule has 1 N–H and O–H groups in total. The molecule has 0 aliphatic rings. The zero-order valence-corrected chi connectivity index (χ0v) is 13.4. The number of para-hydroxylation sites is 1. The molecule has 2 rings (SSSR count). The van der Waals surface area contributed by atoms with E-state index in [4.69, 9.17) is 4.42 Å². The largest absolute Gasteiger partial charge is 0.451 e. The van der Waals surface area contributed by atoms with Crippen molar-refractivity contribution in [1.82, 2.24) is 5.32 Å². The molecule has 1 heterocycles. The standard InChI is InChI=1S/C18H23NO3/c1-4-7-15(20)14(10-12(2)3)19-18(21)17-11-13-8-5-6-9-16(13)22-17/h5-6,8-9,11-12,14H,4,7,10H2,1-3H3,(H,19,21)/t14-/m0/s1. The lowest BCUT2D eigenvalue weighted by atomic mass is 9.98. The van der Waals surface area contributed by atoms with Crippen LogP contribution in [-0.4, -0.2) is 17.7 Å². The average molecular weight is 301 g/mol. The van der Waals surface area contributed by atoms with Crippen LogP contribution in [0.2, 0.25) is 0 Å². The van der Waals surface area contributed by atoms with Gasteiger partial charge in [0.05, 0.1) is 6.04 Å². The van der Waals surface area contributed by atoms with Gasteiger partial charge in [-0.15, -0.1) is 0 Å². The Balaban J connectivity index is 2.14. The topological polar surface area (TPSA) is 59.3 Å². The maximum absolute atomic E-state index is 12.4. The van der Waals surface area contributed by atoms with Crippen LogP contribution in [0.4, 0.5) is 0 Å². The highest BCUT2D eigenvalue weighted by Crippen LogP contribution is 2.19. The van der Waals surface area contributed by atoms with Crippen molar-refractivity contribution in [3.63, 3.8) is 0 Å². The van der Waals surface area contributed by atoms with E-state index in [2.05, 4.69) is 5.32 Å². The summed E-state index contributed by atoms with van der Waals surface area (Å²) in [5.41, 5.74) is 0.674. The average Bonchev–Trinajstić information content (AvgIpc) is 2.90. The second-order valence-corrected chi connectivity index (χ2v) is 6.02. The molecule has 0 saturated heterocycles. The van der Waals surface area contributed by atoms with Crippen LogP contribution >= 0.6 is 0 Å². The molecule has 1 atom stereocenters. The molecule has 0 radical (unpaired) electrons. The third-order valence-electron chi connectivity index (χ3n) is 3.55. The van der Waals surface area contributed by atoms with Gasteiger partial charge >= 0.3 is 0 Å². The smallest absolute Gasteiger partial charge is 0.287 e. The summed E-state index contributed by atoms with van der Waals surface area (Å²) in [6, 6.07) is 8.73. The van der Waals surface area contributed by atoms with Crippen LogP contribution < -0.4 is 5.32 Å². The van der Waals surface area contributed by atoms with Crippen molar-refractivity contribution in [2.24, 2.45) is 5.92 Å². The Labute approximate surface area is 130 Å². The van der Waals surface area contributed by atoms with Crippen LogP contribution in [0.1, 0.15) is 50.6 Å². The van der Waals surface area contributed by atoms with E-state index in [-0.39, 0.29) is 17.5 Å². The van der Waals surface area contributed by atoms with Gasteiger partial charge in [0, 0.05) is 11.8 Å². The molecule has 22 heavy (non-hydrogen) atoms. The molecule has 0 fully saturated rings. The SMILES string of the molecule is CCCC(=O)[C@H](CC(C)C)NC(=O)c1cc2ccccc2o1. The minimum Gasteiger partial charge on any atom is -0.451 e. The fraction of sp³-hybridized carbons (Fsp3) is 0.444. The maximum atomic E-state index is 12.4. The normalized spacial score (nSPS) is 12.5. The second kappa shape index (κ2) is 7.25. The molecule has 1 amide bonds. The molecule has 0 aliphatic heterocycles. The minimum atomic E-state index is -0.444. The van der Waals surface area contributed by atoms with E-state index in [0.717, 1.165) is 11.8 Å². The summed E-state index contributed by atoms with van der Waals surface area (Å²) in [6.07, 6.45) is 1.91. The van der Waals surface area contributed by atoms with Gasteiger partial charge in [0.1, 0.15) is 5.58 Å². The van der Waals surface area contributed by atoms with Gasteiger partial charge in [-0.3, -0.25) is 9.59 Å². The minimum absolute atomic E-state index is 0.0839. The lowest BCUT2D eigenvalue weighted by molar-refractivity contribution is -0.121. The first-order valence-electron chi connectivity index (χ1n) is 7.83. The van der Waals surface area contributed by atoms with E-state index in [0.29, 0.717) is 24.3 Å². The Morgan fingerprint density at radius 3 is 2.59 bits per heavy atom. The Hall–Kier alpha value is -2.10. The highest BCUT2D eigenvalue weighted by atomic mass is 16.3. The fourth-order valence-corrected chi connectivity index (χ4v) is 2.49. The molecule has 118 valence electrons. The molecule has 0 spiro atoms. The second-order valence-electron chi connectivity index (χ2n) is 6.02. The summed E-state index contributed by atoms with van der Waals surface area (Å²) in [6.45, 7) is 6.05. The summed E-state index contributed by atoms with van der Waals surface area (Å²) in [7, 11) is 0. The first-order valence-corrected chi connectivity index (χ1v) is 7.83. The van der Waals surface area contributed by atoms with Crippen molar-refractivity contribution >= 4 is 22.7 Å². The Kier molecular flexibility index (Phi) is 5.36. The van der Waals surface area contributed by atoms with E-state index in [9.17, 15) is 9.59 Å². The first-order chi connectivity index (χ1) is 10.5. The number of benzene rings is 1. The monoisotopic (exact) mass is 301 g/mol. The van der Waals surface area contributed by atoms with Crippen molar-refractivity contribution in [2.75, 3.05) is 0 Å². The van der Waals surface area contributed by atoms with Crippen molar-refractivity contribution in [3.05, 3.63) is 36.1 Å². The Morgan fingerprint density at radius 2 is 1.95 bits per heavy atom. The zero-order valence-electron chi connectivity index (χ0n) is 13.4. The highest BCUT2D eigenvalue weighted by Gasteiger charge is 2.23. The number of carbonyl (C=O) groups is 2. The lowest BCUT2D eigenvalue weighted by Gasteiger charge is -2.18. The van der Waals surface area contributed by atoms with E-state index < -0.39 is 6.04 Å². The molecule has 0 unspecified atom stereocenters. The van der Waals surface area contributed by atoms with Gasteiger partial charge in [-0.25, -0.2) is 0 Å². The van der Waals surface area contributed by atoms with Crippen molar-refractivity contribution < 1.29 is 14.0 Å². The van der Waals surface area contributed by atoms with Crippen molar-refractivity contribution in [2.45, 2.75) is 46.1 Å². The summed E-state index contributed by atoms with van der Waals surface area (Å²) in [5.74, 6) is 0.341. The summed E-state index contributed by atoms with van der Waals surface area (Å²) < 4.78 is 5.55. The quantitative estimate of drug-likeness (QED) is 0.842. The van der Waals surface area contributed by atoms with Crippen molar-refractivity contribution in [1.29, 1.82) is 0 Å². The number of nitrogens with one attached hydrogen (secondary N) is 1. The predicted molar refractivity (Wildman–Crippen MR) is 86.8 cm³/mol. The maximum Gasteiger partial charge on any atom is 0.287 e. The molecule has 1 aromatic carbocycles. The van der Waals surface area contributed by atoms with Gasteiger partial charge in [-0.2, -0.15) is 0 Å². The number of amides is 1. The number of ketones is 1. The van der Waals surface area contributed by atoms with Gasteiger partial charge in [0.2, 0.25) is 0 Å². The number of Topliss-reactive ketones (excluding diaryl/α,β-unsaturated/α-hetero) is 1. The molecular formula is C18H23NO3. The molecular weight excluding hydrogens is 278 g/mol. The Bertz CT molecular complexity index is 624. The molecule has 0 saturated carbocycles. The lowest BCUT2D eigenvalue weighted by Crippen LogP contribution is -2.41. The van der Waals surface area contributed by atoms with Gasteiger partial charge in [0.15, 0.2) is 11.5 Å². The van der Waals surface area contributed by atoms with Gasteiger partial charge in [0.25, 0.3) is 5.91 Å². The van der Waals surface area contributed by atoms with E-state index in [1.807, 2.05) is 45.0 Å². The summed E-state index contributed by atoms with van der Waals surface area (Å²) in [5, 5.41) is 3.71.